The summed E-state index contributed by atoms with van der Waals surface area (Å²) in [4.78, 5) is 0. The normalized spacial score (nSPS) is 26.6. The zero-order chi connectivity index (χ0) is 5.33. The van der Waals surface area contributed by atoms with Gasteiger partial charge in [-0.15, -0.1) is 0 Å². The number of alkyl halides is 1. The molecular weight excluding hydrogens is 93.1 g/mol. The average Bonchev–Trinajstić information content (AvgIpc) is 1.61. The monoisotopic (exact) mass is 105 g/mol. The maximum atomic E-state index is 12.6. The molecule has 1 fully saturated rings. The molecule has 2 heteroatoms. The third kappa shape index (κ3) is 0.752. The molecule has 0 amide bonds. The van der Waals surface area contributed by atoms with E-state index in [1.165, 1.54) is 0 Å². The van der Waals surface area contributed by atoms with Gasteiger partial charge in [-0.1, -0.05) is 6.92 Å². The largest absolute Gasteiger partial charge is 0.310 e. The molecule has 0 atom stereocenters. The van der Waals surface area contributed by atoms with Gasteiger partial charge in [-0.2, -0.15) is 0 Å². The second kappa shape index (κ2) is 1.44. The summed E-state index contributed by atoms with van der Waals surface area (Å²) in [6.45, 7) is 2.99. The molecule has 0 unspecified atom stereocenters. The van der Waals surface area contributed by atoms with Crippen LogP contribution in [0.4, 0.5) is 4.39 Å². The Hall–Kier alpha value is -0.110. The first-order valence-corrected chi connectivity index (χ1v) is 2.66. The molecule has 1 aliphatic rings. The van der Waals surface area contributed by atoms with Crippen LogP contribution in [0.15, 0.2) is 0 Å². The van der Waals surface area contributed by atoms with Crippen molar-refractivity contribution in [3.63, 3.8) is 0 Å². The number of halogens is 1. The number of hydrogen-bond acceptors (Lipinski definition) is 1. The molecule has 0 aromatic carbocycles. The van der Waals surface area contributed by atoms with E-state index in [0.29, 0.717) is 19.5 Å². The lowest BCUT2D eigenvalue weighted by molar-refractivity contribution is 0.0864. The van der Waals surface area contributed by atoms with Crippen molar-refractivity contribution in [1.29, 1.82) is 0 Å². The highest BCUT2D eigenvalue weighted by molar-refractivity contribution is 4.91. The molecule has 1 rings (SSSR count). The van der Waals surface area contributed by atoms with Crippen LogP contribution in [0.3, 0.4) is 0 Å². The van der Waals surface area contributed by atoms with E-state index in [1.54, 1.807) is 0 Å². The fourth-order valence-electron chi connectivity index (χ4n) is 0.646. The SMILES string of the molecule is CCC1(F)CNC1.[HH]. The summed E-state index contributed by atoms with van der Waals surface area (Å²) in [5.74, 6) is 0. The highest BCUT2D eigenvalue weighted by atomic mass is 19.1. The Morgan fingerprint density at radius 1 is 1.86 bits per heavy atom. The maximum absolute atomic E-state index is 12.6. The lowest BCUT2D eigenvalue weighted by Crippen LogP contribution is -2.55. The molecule has 1 N–H and O–H groups in total. The molecule has 1 heterocycles. The Bertz CT molecular complexity index is 67.3. The Morgan fingerprint density at radius 2 is 2.43 bits per heavy atom. The number of nitrogens with one attached hydrogen (secondary N) is 1. The molecule has 44 valence electrons. The van der Waals surface area contributed by atoms with Crippen molar-refractivity contribution in [1.82, 2.24) is 5.32 Å². The molecule has 1 aliphatic heterocycles. The molecule has 1 saturated heterocycles. The Labute approximate surface area is 44.4 Å². The van der Waals surface area contributed by atoms with E-state index >= 15 is 0 Å². The average molecular weight is 105 g/mol. The van der Waals surface area contributed by atoms with Gasteiger partial charge in [-0.25, -0.2) is 4.39 Å². The predicted molar refractivity (Wildman–Crippen MR) is 29.1 cm³/mol. The smallest absolute Gasteiger partial charge is 0.135 e. The predicted octanol–water partition coefficient (Wildman–Crippen LogP) is 0.954. The van der Waals surface area contributed by atoms with Crippen LogP contribution < -0.4 is 5.32 Å². The molecule has 0 saturated carbocycles. The van der Waals surface area contributed by atoms with Gasteiger partial charge in [0, 0.05) is 14.5 Å². The zero-order valence-corrected chi connectivity index (χ0v) is 4.50. The Morgan fingerprint density at radius 3 is 2.43 bits per heavy atom. The third-order valence-electron chi connectivity index (χ3n) is 1.52. The summed E-state index contributed by atoms with van der Waals surface area (Å²) in [5, 5.41) is 2.88. The van der Waals surface area contributed by atoms with Gasteiger partial charge in [0.15, 0.2) is 0 Å². The molecule has 7 heavy (non-hydrogen) atoms. The minimum Gasteiger partial charge on any atom is -0.310 e. The highest BCUT2D eigenvalue weighted by Crippen LogP contribution is 2.19. The van der Waals surface area contributed by atoms with Gasteiger partial charge in [0.1, 0.15) is 5.67 Å². The topological polar surface area (TPSA) is 12.0 Å². The van der Waals surface area contributed by atoms with Crippen molar-refractivity contribution in [2.24, 2.45) is 0 Å². The zero-order valence-electron chi connectivity index (χ0n) is 4.50. The van der Waals surface area contributed by atoms with Crippen molar-refractivity contribution >= 4 is 0 Å². The lowest BCUT2D eigenvalue weighted by Gasteiger charge is -2.33. The van der Waals surface area contributed by atoms with Crippen molar-refractivity contribution in [3.8, 4) is 0 Å². The van der Waals surface area contributed by atoms with Gasteiger partial charge >= 0.3 is 0 Å². The standard InChI is InChI=1S/C5H10FN.H2/c1-2-5(6)3-7-4-5;/h7H,2-4H2,1H3;1H. The van der Waals surface area contributed by atoms with Crippen molar-refractivity contribution < 1.29 is 5.82 Å². The number of rotatable bonds is 1. The summed E-state index contributed by atoms with van der Waals surface area (Å²) < 4.78 is 12.6. The molecular formula is C5H12FN. The van der Waals surface area contributed by atoms with Gasteiger partial charge < -0.3 is 5.32 Å². The fraction of sp³-hybridized carbons (Fsp3) is 1.00. The molecule has 0 aromatic rings. The first kappa shape index (κ1) is 5.04. The fourth-order valence-corrected chi connectivity index (χ4v) is 0.646. The summed E-state index contributed by atoms with van der Waals surface area (Å²) in [5.41, 5.74) is -0.847. The second-order valence-corrected chi connectivity index (χ2v) is 2.11. The summed E-state index contributed by atoms with van der Waals surface area (Å²) >= 11 is 0. The second-order valence-electron chi connectivity index (χ2n) is 2.11. The van der Waals surface area contributed by atoms with Crippen molar-refractivity contribution in [2.75, 3.05) is 13.1 Å². The molecule has 0 aromatic heterocycles. The van der Waals surface area contributed by atoms with Crippen LogP contribution in [0.5, 0.6) is 0 Å². The van der Waals surface area contributed by atoms with E-state index in [0.717, 1.165) is 0 Å². The van der Waals surface area contributed by atoms with Gasteiger partial charge in [-0.05, 0) is 6.42 Å². The summed E-state index contributed by atoms with van der Waals surface area (Å²) in [7, 11) is 0. The summed E-state index contributed by atoms with van der Waals surface area (Å²) in [6, 6.07) is 0. The lowest BCUT2D eigenvalue weighted by atomic mass is 9.97. The van der Waals surface area contributed by atoms with Crippen molar-refractivity contribution in [3.05, 3.63) is 0 Å². The van der Waals surface area contributed by atoms with Crippen LogP contribution in [0.25, 0.3) is 0 Å². The minimum atomic E-state index is -0.847. The first-order chi connectivity index (χ1) is 3.27. The summed E-state index contributed by atoms with van der Waals surface area (Å²) in [6.07, 6.45) is 0.653. The Kier molecular flexibility index (Phi) is 1.04. The van der Waals surface area contributed by atoms with Gasteiger partial charge in [-0.3, -0.25) is 0 Å². The van der Waals surface area contributed by atoms with Crippen LogP contribution in [-0.4, -0.2) is 18.8 Å². The third-order valence-corrected chi connectivity index (χ3v) is 1.52. The van der Waals surface area contributed by atoms with E-state index < -0.39 is 5.67 Å². The molecule has 0 radical (unpaired) electrons. The van der Waals surface area contributed by atoms with Crippen LogP contribution in [0, 0.1) is 0 Å². The highest BCUT2D eigenvalue weighted by Gasteiger charge is 2.34. The van der Waals surface area contributed by atoms with Crippen LogP contribution in [0.1, 0.15) is 14.8 Å². The maximum Gasteiger partial charge on any atom is 0.135 e. The molecule has 0 bridgehead atoms. The molecule has 0 aliphatic carbocycles. The van der Waals surface area contributed by atoms with E-state index in [4.69, 9.17) is 0 Å². The molecule has 0 spiro atoms. The first-order valence-electron chi connectivity index (χ1n) is 2.66. The van der Waals surface area contributed by atoms with Crippen molar-refractivity contribution in [2.45, 2.75) is 19.0 Å². The minimum absolute atomic E-state index is 0. The van der Waals surface area contributed by atoms with Gasteiger partial charge in [0.2, 0.25) is 0 Å². The van der Waals surface area contributed by atoms with Crippen LogP contribution in [0.2, 0.25) is 0 Å². The van der Waals surface area contributed by atoms with E-state index in [1.807, 2.05) is 6.92 Å². The van der Waals surface area contributed by atoms with Crippen LogP contribution in [-0.2, 0) is 0 Å². The quantitative estimate of drug-likeness (QED) is 0.523. The van der Waals surface area contributed by atoms with Gasteiger partial charge in [0.25, 0.3) is 0 Å². The van der Waals surface area contributed by atoms with E-state index in [-0.39, 0.29) is 1.43 Å². The van der Waals surface area contributed by atoms with Crippen LogP contribution >= 0.6 is 0 Å². The van der Waals surface area contributed by atoms with Gasteiger partial charge in [0.05, 0.1) is 0 Å². The molecule has 1 nitrogen and oxygen atoms in total. The van der Waals surface area contributed by atoms with E-state index in [2.05, 4.69) is 5.32 Å². The van der Waals surface area contributed by atoms with E-state index in [9.17, 15) is 4.39 Å². The number of hydrogen-bond donors (Lipinski definition) is 1. The Balaban J connectivity index is 0.000000490.